The predicted molar refractivity (Wildman–Crippen MR) is 95.1 cm³/mol. The largest absolute Gasteiger partial charge is 0.383 e. The molecule has 2 aliphatic rings. The number of hydrogen-bond acceptors (Lipinski definition) is 3. The average molecular weight is 347 g/mol. The van der Waals surface area contributed by atoms with Crippen molar-refractivity contribution < 1.29 is 14.3 Å². The number of nitrogens with zero attached hydrogens (tertiary/aromatic N) is 2. The Morgan fingerprint density at radius 2 is 2.12 bits per heavy atom. The Morgan fingerprint density at radius 3 is 2.80 bits per heavy atom. The summed E-state index contributed by atoms with van der Waals surface area (Å²) in [5, 5.41) is 0. The molecule has 2 aliphatic heterocycles. The van der Waals surface area contributed by atoms with Crippen LogP contribution in [-0.4, -0.2) is 66.5 Å². The van der Waals surface area contributed by atoms with Crippen LogP contribution in [0.5, 0.6) is 0 Å². The fraction of sp³-hybridized carbons (Fsp3) is 0.684. The van der Waals surface area contributed by atoms with Gasteiger partial charge in [-0.1, -0.05) is 0 Å². The number of methoxy groups -OCH3 is 1. The number of aryl methyl sites for hydroxylation is 1. The van der Waals surface area contributed by atoms with E-state index in [0.29, 0.717) is 26.0 Å². The number of carbonyl (C=O) groups is 2. The molecule has 6 nitrogen and oxygen atoms in total. The fourth-order valence-corrected chi connectivity index (χ4v) is 4.07. The van der Waals surface area contributed by atoms with Crippen LogP contribution >= 0.6 is 0 Å². The van der Waals surface area contributed by atoms with E-state index in [0.717, 1.165) is 51.0 Å². The molecule has 2 amide bonds. The van der Waals surface area contributed by atoms with Crippen molar-refractivity contribution in [1.29, 1.82) is 0 Å². The van der Waals surface area contributed by atoms with Crippen LogP contribution in [0.1, 0.15) is 37.8 Å². The number of piperidine rings is 2. The van der Waals surface area contributed by atoms with Gasteiger partial charge in [0.15, 0.2) is 0 Å². The van der Waals surface area contributed by atoms with Gasteiger partial charge in [-0.05, 0) is 43.2 Å². The maximum absolute atomic E-state index is 12.5. The Labute approximate surface area is 149 Å². The van der Waals surface area contributed by atoms with Gasteiger partial charge in [-0.3, -0.25) is 9.59 Å². The van der Waals surface area contributed by atoms with Crippen molar-refractivity contribution in [2.45, 2.75) is 38.5 Å². The Morgan fingerprint density at radius 1 is 1.32 bits per heavy atom. The smallest absolute Gasteiger partial charge is 0.222 e. The number of aromatic nitrogens is 1. The van der Waals surface area contributed by atoms with E-state index in [1.54, 1.807) is 7.11 Å². The van der Waals surface area contributed by atoms with Crippen molar-refractivity contribution in [2.75, 3.05) is 39.9 Å². The van der Waals surface area contributed by atoms with E-state index in [-0.39, 0.29) is 17.2 Å². The molecule has 0 radical (unpaired) electrons. The highest BCUT2D eigenvalue weighted by Crippen LogP contribution is 2.40. The molecule has 1 N–H and O–H groups in total. The second-order valence-corrected chi connectivity index (χ2v) is 7.38. The molecular weight excluding hydrogens is 318 g/mol. The fourth-order valence-electron chi connectivity index (χ4n) is 4.07. The summed E-state index contributed by atoms with van der Waals surface area (Å²) in [5.74, 6) is 0.486. The van der Waals surface area contributed by atoms with Crippen LogP contribution in [0.3, 0.4) is 0 Å². The number of ether oxygens (including phenoxy) is 1. The number of nitrogens with one attached hydrogen (secondary N) is 1. The lowest BCUT2D eigenvalue weighted by atomic mass is 9.72. The van der Waals surface area contributed by atoms with E-state index in [2.05, 4.69) is 4.98 Å². The molecule has 25 heavy (non-hydrogen) atoms. The number of aromatic amines is 1. The standard InChI is InChI=1S/C19H29N3O3/c1-25-14-13-22-15-19(7-6-18(22)24)8-11-21(12-9-19)17(23)5-4-16-3-2-10-20-16/h2-3,10,20H,4-9,11-15H2,1H3. The molecule has 3 heterocycles. The maximum atomic E-state index is 12.5. The Hall–Kier alpha value is -1.82. The van der Waals surface area contributed by atoms with Gasteiger partial charge in [0.2, 0.25) is 11.8 Å². The van der Waals surface area contributed by atoms with Crippen molar-refractivity contribution in [3.05, 3.63) is 24.0 Å². The van der Waals surface area contributed by atoms with E-state index < -0.39 is 0 Å². The van der Waals surface area contributed by atoms with Crippen molar-refractivity contribution in [1.82, 2.24) is 14.8 Å². The molecule has 138 valence electrons. The van der Waals surface area contributed by atoms with Gasteiger partial charge in [0.05, 0.1) is 6.61 Å². The third kappa shape index (κ3) is 4.42. The van der Waals surface area contributed by atoms with Crippen molar-refractivity contribution >= 4 is 11.8 Å². The second kappa shape index (κ2) is 8.04. The van der Waals surface area contributed by atoms with Gasteiger partial charge in [0.1, 0.15) is 0 Å². The number of H-pyrrole nitrogens is 1. The van der Waals surface area contributed by atoms with Crippen molar-refractivity contribution in [2.24, 2.45) is 5.41 Å². The lowest BCUT2D eigenvalue weighted by Crippen LogP contribution is -2.52. The minimum atomic E-state index is 0.192. The molecule has 2 fully saturated rings. The molecule has 0 aromatic carbocycles. The van der Waals surface area contributed by atoms with Gasteiger partial charge in [-0.25, -0.2) is 0 Å². The zero-order valence-corrected chi connectivity index (χ0v) is 15.1. The van der Waals surface area contributed by atoms with E-state index in [1.165, 1.54) is 0 Å². The zero-order chi connectivity index (χ0) is 17.7. The normalized spacial score (nSPS) is 20.3. The van der Waals surface area contributed by atoms with E-state index in [4.69, 9.17) is 4.74 Å². The first-order valence-corrected chi connectivity index (χ1v) is 9.29. The summed E-state index contributed by atoms with van der Waals surface area (Å²) in [4.78, 5) is 31.7. The molecule has 0 saturated carbocycles. The Balaban J connectivity index is 1.48. The Kier molecular flexibility index (Phi) is 5.78. The lowest BCUT2D eigenvalue weighted by Gasteiger charge is -2.47. The number of amides is 2. The average Bonchev–Trinajstić information content (AvgIpc) is 3.15. The molecule has 1 aromatic rings. The summed E-state index contributed by atoms with van der Waals surface area (Å²) in [6.45, 7) is 3.71. The van der Waals surface area contributed by atoms with Crippen LogP contribution in [0.4, 0.5) is 0 Å². The van der Waals surface area contributed by atoms with Crippen LogP contribution in [0.25, 0.3) is 0 Å². The van der Waals surface area contributed by atoms with Crippen LogP contribution in [0.2, 0.25) is 0 Å². The highest BCUT2D eigenvalue weighted by molar-refractivity contribution is 5.77. The van der Waals surface area contributed by atoms with Gasteiger partial charge in [0.25, 0.3) is 0 Å². The van der Waals surface area contributed by atoms with Gasteiger partial charge in [-0.2, -0.15) is 0 Å². The summed E-state index contributed by atoms with van der Waals surface area (Å²) >= 11 is 0. The second-order valence-electron chi connectivity index (χ2n) is 7.38. The number of carbonyl (C=O) groups excluding carboxylic acids is 2. The van der Waals surface area contributed by atoms with Crippen molar-refractivity contribution in [3.8, 4) is 0 Å². The van der Waals surface area contributed by atoms with Gasteiger partial charge in [0, 0.05) is 58.0 Å². The molecule has 0 unspecified atom stereocenters. The molecular formula is C19H29N3O3. The zero-order valence-electron chi connectivity index (χ0n) is 15.1. The summed E-state index contributed by atoms with van der Waals surface area (Å²) in [6.07, 6.45) is 6.81. The summed E-state index contributed by atoms with van der Waals surface area (Å²) in [7, 11) is 1.67. The monoisotopic (exact) mass is 347 g/mol. The number of rotatable bonds is 6. The summed E-state index contributed by atoms with van der Waals surface area (Å²) in [6, 6.07) is 3.98. The van der Waals surface area contributed by atoms with Crippen LogP contribution in [-0.2, 0) is 20.7 Å². The number of hydrogen-bond donors (Lipinski definition) is 1. The van der Waals surface area contributed by atoms with Gasteiger partial charge < -0.3 is 19.5 Å². The molecule has 0 bridgehead atoms. The van der Waals surface area contributed by atoms with Crippen LogP contribution in [0, 0.1) is 5.41 Å². The maximum Gasteiger partial charge on any atom is 0.222 e. The van der Waals surface area contributed by atoms with Gasteiger partial charge >= 0.3 is 0 Å². The highest BCUT2D eigenvalue weighted by Gasteiger charge is 2.41. The lowest BCUT2D eigenvalue weighted by molar-refractivity contribution is -0.143. The first kappa shape index (κ1) is 18.0. The van der Waals surface area contributed by atoms with Crippen LogP contribution in [0.15, 0.2) is 18.3 Å². The van der Waals surface area contributed by atoms with Crippen LogP contribution < -0.4 is 0 Å². The summed E-state index contributed by atoms with van der Waals surface area (Å²) < 4.78 is 5.13. The minimum absolute atomic E-state index is 0.192. The van der Waals surface area contributed by atoms with Gasteiger partial charge in [-0.15, -0.1) is 0 Å². The van der Waals surface area contributed by atoms with E-state index in [9.17, 15) is 9.59 Å². The molecule has 2 saturated heterocycles. The third-order valence-corrected chi connectivity index (χ3v) is 5.76. The molecule has 6 heteroatoms. The highest BCUT2D eigenvalue weighted by atomic mass is 16.5. The minimum Gasteiger partial charge on any atom is -0.383 e. The van der Waals surface area contributed by atoms with Crippen molar-refractivity contribution in [3.63, 3.8) is 0 Å². The van der Waals surface area contributed by atoms with E-state index >= 15 is 0 Å². The first-order valence-electron chi connectivity index (χ1n) is 9.29. The SMILES string of the molecule is COCCN1CC2(CCC1=O)CCN(C(=O)CCc1ccc[nH]1)CC2. The molecule has 1 spiro atoms. The molecule has 1 aromatic heterocycles. The third-order valence-electron chi connectivity index (χ3n) is 5.76. The molecule has 0 aliphatic carbocycles. The molecule has 3 rings (SSSR count). The Bertz CT molecular complexity index is 577. The quantitative estimate of drug-likeness (QED) is 0.854. The predicted octanol–water partition coefficient (Wildman–Crippen LogP) is 1.82. The topological polar surface area (TPSA) is 65.6 Å². The summed E-state index contributed by atoms with van der Waals surface area (Å²) in [5.41, 5.74) is 1.30. The first-order chi connectivity index (χ1) is 12.1. The molecule has 0 atom stereocenters. The van der Waals surface area contributed by atoms with E-state index in [1.807, 2.05) is 28.1 Å². The number of likely N-dealkylation sites (tertiary alicyclic amines) is 2.